The zero-order valence-electron chi connectivity index (χ0n) is 3.55. The minimum Gasteiger partial charge on any atom is -0.336 e. The average Bonchev–Trinajstić information content (AvgIpc) is 2.22. The van der Waals surface area contributed by atoms with Gasteiger partial charge in [0.25, 0.3) is 0 Å². The van der Waals surface area contributed by atoms with Gasteiger partial charge in [-0.1, -0.05) is 6.58 Å². The Morgan fingerprint density at radius 1 is 1.57 bits per heavy atom. The third kappa shape index (κ3) is 1.71. The average molecular weight is 136 g/mol. The molecule has 3 nitrogen and oxygen atoms in total. The first kappa shape index (κ1) is 7.33. The van der Waals surface area contributed by atoms with Crippen LogP contribution in [0.3, 0.4) is 0 Å². The zero-order valence-corrected chi connectivity index (χ0v) is 5.11. The first-order valence-corrected chi connectivity index (χ1v) is 1.50. The van der Waals surface area contributed by atoms with Crippen LogP contribution in [0.1, 0.15) is 0 Å². The van der Waals surface area contributed by atoms with Gasteiger partial charge in [0.15, 0.2) is 0 Å². The van der Waals surface area contributed by atoms with Gasteiger partial charge in [0.2, 0.25) is 0 Å². The van der Waals surface area contributed by atoms with Gasteiger partial charge in [0.1, 0.15) is 0 Å². The normalized spacial score (nSPS) is 22.4. The second-order valence-corrected chi connectivity index (χ2v) is 1.00. The molecule has 0 saturated carbocycles. The summed E-state index contributed by atoms with van der Waals surface area (Å²) in [6.45, 7) is 3.19. The maximum absolute atomic E-state index is 8.38. The fourth-order valence-corrected chi connectivity index (χ4v) is 0.111. The first-order valence-electron chi connectivity index (χ1n) is 1.50. The molecule has 0 spiro atoms. The molecule has 1 fully saturated rings. The van der Waals surface area contributed by atoms with Crippen LogP contribution < -0.4 is 0 Å². The van der Waals surface area contributed by atoms with Crippen molar-refractivity contribution in [2.75, 3.05) is 0 Å². The van der Waals surface area contributed by atoms with E-state index in [1.807, 2.05) is 0 Å². The SMILES string of the molecule is C=CC1(O)OO1.[Ti]. The fraction of sp³-hybridized carbons (Fsp3) is 0.333. The molecule has 1 saturated heterocycles. The summed E-state index contributed by atoms with van der Waals surface area (Å²) in [6.07, 6.45) is 1.16. The van der Waals surface area contributed by atoms with Crippen LogP contribution in [0.4, 0.5) is 0 Å². The van der Waals surface area contributed by atoms with Crippen LogP contribution in [0, 0.1) is 0 Å². The van der Waals surface area contributed by atoms with Crippen LogP contribution in [0.15, 0.2) is 12.7 Å². The molecule has 38 valence electrons. The summed E-state index contributed by atoms with van der Waals surface area (Å²) in [6, 6.07) is 0. The Labute approximate surface area is 55.7 Å². The third-order valence-corrected chi connectivity index (χ3v) is 0.512. The van der Waals surface area contributed by atoms with E-state index in [0.29, 0.717) is 0 Å². The van der Waals surface area contributed by atoms with E-state index in [1.54, 1.807) is 0 Å². The molecule has 0 aromatic carbocycles. The number of hydrogen-bond donors (Lipinski definition) is 1. The molecule has 0 radical (unpaired) electrons. The molecule has 0 aliphatic carbocycles. The van der Waals surface area contributed by atoms with E-state index in [0.717, 1.165) is 6.08 Å². The molecule has 0 amide bonds. The van der Waals surface area contributed by atoms with Gasteiger partial charge in [-0.05, 0) is 0 Å². The quantitative estimate of drug-likeness (QED) is 0.234. The Hall–Kier alpha value is 0.334. The smallest absolute Gasteiger partial charge is 0.336 e. The standard InChI is InChI=1S/C3H4O3.Ti/c1-2-3(4)5-6-3;/h2,4H,1H2;. The Balaban J connectivity index is 0.000000360. The van der Waals surface area contributed by atoms with E-state index < -0.39 is 5.97 Å². The zero-order chi connectivity index (χ0) is 4.62. The van der Waals surface area contributed by atoms with Gasteiger partial charge in [-0.3, -0.25) is 0 Å². The second kappa shape index (κ2) is 2.07. The van der Waals surface area contributed by atoms with Crippen molar-refractivity contribution in [2.24, 2.45) is 0 Å². The van der Waals surface area contributed by atoms with Gasteiger partial charge < -0.3 is 5.11 Å². The molecule has 1 heterocycles. The largest absolute Gasteiger partial charge is 0.357 e. The Morgan fingerprint density at radius 2 is 2.00 bits per heavy atom. The van der Waals surface area contributed by atoms with Crippen LogP contribution in [-0.4, -0.2) is 11.1 Å². The van der Waals surface area contributed by atoms with Crippen molar-refractivity contribution in [1.82, 2.24) is 0 Å². The molecule has 1 aliphatic rings. The van der Waals surface area contributed by atoms with Gasteiger partial charge in [0.05, 0.1) is 0 Å². The number of hydrogen-bond acceptors (Lipinski definition) is 3. The van der Waals surface area contributed by atoms with Crippen molar-refractivity contribution in [3.8, 4) is 0 Å². The predicted octanol–water partition coefficient (Wildman–Crippen LogP) is -0.222. The van der Waals surface area contributed by atoms with Gasteiger partial charge in [-0.2, -0.15) is 9.78 Å². The van der Waals surface area contributed by atoms with Crippen molar-refractivity contribution in [2.45, 2.75) is 5.97 Å². The topological polar surface area (TPSA) is 45.3 Å². The van der Waals surface area contributed by atoms with E-state index in [4.69, 9.17) is 5.11 Å². The summed E-state index contributed by atoms with van der Waals surface area (Å²) in [4.78, 5) is 7.97. The van der Waals surface area contributed by atoms with Gasteiger partial charge in [-0.25, -0.2) is 0 Å². The summed E-state index contributed by atoms with van der Waals surface area (Å²) in [5.41, 5.74) is 0. The molecule has 0 unspecified atom stereocenters. The van der Waals surface area contributed by atoms with E-state index in [1.165, 1.54) is 0 Å². The maximum atomic E-state index is 8.38. The van der Waals surface area contributed by atoms with Crippen LogP contribution in [0.5, 0.6) is 0 Å². The fourth-order valence-electron chi connectivity index (χ4n) is 0.111. The van der Waals surface area contributed by atoms with Crippen molar-refractivity contribution in [3.63, 3.8) is 0 Å². The molecule has 7 heavy (non-hydrogen) atoms. The van der Waals surface area contributed by atoms with Gasteiger partial charge in [0, 0.05) is 27.8 Å². The number of aliphatic hydroxyl groups is 1. The second-order valence-electron chi connectivity index (χ2n) is 1.00. The molecule has 0 atom stereocenters. The Morgan fingerprint density at radius 3 is 2.00 bits per heavy atom. The van der Waals surface area contributed by atoms with E-state index in [2.05, 4.69) is 16.4 Å². The van der Waals surface area contributed by atoms with Crippen LogP contribution >= 0.6 is 0 Å². The van der Waals surface area contributed by atoms with Crippen LogP contribution in [0.25, 0.3) is 0 Å². The minimum atomic E-state index is -1.44. The molecule has 0 aromatic heterocycles. The first-order chi connectivity index (χ1) is 2.77. The maximum Gasteiger partial charge on any atom is 0.357 e. The Bertz CT molecular complexity index is 78.2. The summed E-state index contributed by atoms with van der Waals surface area (Å²) in [5, 5.41) is 8.38. The minimum absolute atomic E-state index is 0. The van der Waals surface area contributed by atoms with E-state index >= 15 is 0 Å². The van der Waals surface area contributed by atoms with Crippen LogP contribution in [-0.2, 0) is 31.5 Å². The van der Waals surface area contributed by atoms with Gasteiger partial charge in [-0.15, -0.1) is 0 Å². The van der Waals surface area contributed by atoms with Crippen molar-refractivity contribution < 1.29 is 36.6 Å². The summed E-state index contributed by atoms with van der Waals surface area (Å²) in [5.74, 6) is -1.44. The molecular weight excluding hydrogens is 132 g/mol. The summed E-state index contributed by atoms with van der Waals surface area (Å²) < 4.78 is 0. The molecular formula is C3H4O3Ti. The molecule has 0 aromatic rings. The van der Waals surface area contributed by atoms with Crippen molar-refractivity contribution in [3.05, 3.63) is 12.7 Å². The van der Waals surface area contributed by atoms with Gasteiger partial charge >= 0.3 is 5.97 Å². The van der Waals surface area contributed by atoms with Crippen molar-refractivity contribution >= 4 is 0 Å². The number of rotatable bonds is 1. The molecule has 1 N–H and O–H groups in total. The third-order valence-electron chi connectivity index (χ3n) is 0.512. The summed E-state index contributed by atoms with van der Waals surface area (Å²) >= 11 is 0. The molecule has 1 rings (SSSR count). The summed E-state index contributed by atoms with van der Waals surface area (Å²) in [7, 11) is 0. The van der Waals surface area contributed by atoms with E-state index in [-0.39, 0.29) is 21.7 Å². The van der Waals surface area contributed by atoms with Crippen LogP contribution in [0.2, 0.25) is 0 Å². The van der Waals surface area contributed by atoms with E-state index in [9.17, 15) is 0 Å². The Kier molecular flexibility index (Phi) is 2.17. The molecule has 4 heteroatoms. The van der Waals surface area contributed by atoms with Crippen molar-refractivity contribution in [1.29, 1.82) is 0 Å². The molecule has 1 aliphatic heterocycles. The monoisotopic (exact) mass is 136 g/mol. The predicted molar refractivity (Wildman–Crippen MR) is 17.3 cm³/mol. The molecule has 0 bridgehead atoms.